The van der Waals surface area contributed by atoms with Crippen LogP contribution >= 0.6 is 11.3 Å². The van der Waals surface area contributed by atoms with Crippen LogP contribution in [0.3, 0.4) is 0 Å². The van der Waals surface area contributed by atoms with Crippen LogP contribution in [0.4, 0.5) is 10.9 Å². The first-order chi connectivity index (χ1) is 9.87. The third-order valence-corrected chi connectivity index (χ3v) is 5.51. The average Bonchev–Trinajstić information content (AvgIpc) is 3.07. The fourth-order valence-corrected chi connectivity index (χ4v) is 3.75. The van der Waals surface area contributed by atoms with Gasteiger partial charge in [0.05, 0.1) is 0 Å². The topological polar surface area (TPSA) is 97.3 Å². The van der Waals surface area contributed by atoms with Gasteiger partial charge in [0.2, 0.25) is 0 Å². The van der Waals surface area contributed by atoms with Crippen LogP contribution in [0.25, 0.3) is 0 Å². The van der Waals surface area contributed by atoms with Crippen molar-refractivity contribution in [2.75, 3.05) is 23.7 Å². The van der Waals surface area contributed by atoms with Gasteiger partial charge in [0.15, 0.2) is 5.13 Å². The van der Waals surface area contributed by atoms with E-state index in [-0.39, 0.29) is 17.5 Å². The van der Waals surface area contributed by atoms with Crippen molar-refractivity contribution in [1.82, 2.24) is 10.3 Å². The molecule has 2 heterocycles. The lowest BCUT2D eigenvalue weighted by Crippen LogP contribution is -2.45. The number of amides is 1. The molecule has 1 saturated carbocycles. The van der Waals surface area contributed by atoms with E-state index in [0.717, 1.165) is 24.6 Å². The molecular weight excluding hydrogens is 286 g/mol. The summed E-state index contributed by atoms with van der Waals surface area (Å²) in [5.74, 6) is 0.780. The Morgan fingerprint density at radius 1 is 1.43 bits per heavy atom. The molecule has 1 aliphatic heterocycles. The van der Waals surface area contributed by atoms with E-state index in [1.807, 2.05) is 0 Å². The molecule has 6 nitrogen and oxygen atoms in total. The summed E-state index contributed by atoms with van der Waals surface area (Å²) in [6.07, 6.45) is 3.32. The summed E-state index contributed by atoms with van der Waals surface area (Å²) in [5.41, 5.74) is 11.7. The molecule has 116 valence electrons. The second-order valence-electron chi connectivity index (χ2n) is 6.66. The second kappa shape index (κ2) is 5.14. The van der Waals surface area contributed by atoms with Crippen molar-refractivity contribution in [2.45, 2.75) is 44.7 Å². The standard InChI is InChI=1S/C14H23N5OS/c1-14(2,8-3-4-8)18-12(20)10-11(16)17-13(21-10)19-6-5-9(15)7-19/h8-9H,3-7,15-16H2,1-2H3,(H,18,20). The number of carbonyl (C=O) groups excluding carboxylic acids is 1. The number of nitrogens with two attached hydrogens (primary N) is 2. The van der Waals surface area contributed by atoms with Gasteiger partial charge in [-0.2, -0.15) is 0 Å². The lowest BCUT2D eigenvalue weighted by molar-refractivity contribution is 0.0908. The summed E-state index contributed by atoms with van der Waals surface area (Å²) in [4.78, 5) is 19.4. The van der Waals surface area contributed by atoms with E-state index in [0.29, 0.717) is 16.6 Å². The first kappa shape index (κ1) is 14.6. The lowest BCUT2D eigenvalue weighted by Gasteiger charge is -2.25. The Labute approximate surface area is 128 Å². The van der Waals surface area contributed by atoms with Crippen LogP contribution in [-0.2, 0) is 0 Å². The minimum Gasteiger partial charge on any atom is -0.382 e. The lowest BCUT2D eigenvalue weighted by atomic mass is 9.99. The molecule has 0 aromatic carbocycles. The van der Waals surface area contributed by atoms with Gasteiger partial charge in [0.25, 0.3) is 5.91 Å². The molecule has 2 aliphatic rings. The Bertz CT molecular complexity index is 552. The molecule has 5 N–H and O–H groups in total. The maximum absolute atomic E-state index is 12.4. The zero-order chi connectivity index (χ0) is 15.2. The smallest absolute Gasteiger partial charge is 0.265 e. The van der Waals surface area contributed by atoms with Gasteiger partial charge in [-0.15, -0.1) is 0 Å². The van der Waals surface area contributed by atoms with Crippen LogP contribution in [0.15, 0.2) is 0 Å². The quantitative estimate of drug-likeness (QED) is 0.776. The minimum atomic E-state index is -0.177. The predicted octanol–water partition coefficient (Wildman–Crippen LogP) is 1.18. The number of nitrogens with zero attached hydrogens (tertiary/aromatic N) is 2. The highest BCUT2D eigenvalue weighted by Gasteiger charge is 2.39. The maximum atomic E-state index is 12.4. The van der Waals surface area contributed by atoms with Crippen LogP contribution in [0, 0.1) is 5.92 Å². The van der Waals surface area contributed by atoms with Crippen molar-refractivity contribution < 1.29 is 4.79 Å². The average molecular weight is 309 g/mol. The van der Waals surface area contributed by atoms with E-state index in [9.17, 15) is 4.79 Å². The number of aromatic nitrogens is 1. The van der Waals surface area contributed by atoms with Gasteiger partial charge in [-0.25, -0.2) is 4.98 Å². The molecule has 1 aromatic rings. The van der Waals surface area contributed by atoms with Crippen LogP contribution in [0.5, 0.6) is 0 Å². The second-order valence-corrected chi connectivity index (χ2v) is 7.63. The first-order valence-electron chi connectivity index (χ1n) is 7.46. The fraction of sp³-hybridized carbons (Fsp3) is 0.714. The zero-order valence-electron chi connectivity index (χ0n) is 12.6. The van der Waals surface area contributed by atoms with Crippen molar-refractivity contribution in [3.63, 3.8) is 0 Å². The fourth-order valence-electron chi connectivity index (χ4n) is 2.84. The van der Waals surface area contributed by atoms with Gasteiger partial charge in [0, 0.05) is 24.7 Å². The number of nitrogen functional groups attached to an aromatic ring is 1. The highest BCUT2D eigenvalue weighted by molar-refractivity contribution is 7.18. The summed E-state index contributed by atoms with van der Waals surface area (Å²) < 4.78 is 0. The predicted molar refractivity (Wildman–Crippen MR) is 85.6 cm³/mol. The Balaban J connectivity index is 1.73. The summed E-state index contributed by atoms with van der Waals surface area (Å²) >= 11 is 1.36. The summed E-state index contributed by atoms with van der Waals surface area (Å²) in [7, 11) is 0. The third kappa shape index (κ3) is 2.98. The molecule has 1 aromatic heterocycles. The van der Waals surface area contributed by atoms with Crippen LogP contribution in [-0.4, -0.2) is 35.6 Å². The Morgan fingerprint density at radius 2 is 2.14 bits per heavy atom. The van der Waals surface area contributed by atoms with E-state index >= 15 is 0 Å². The molecule has 0 radical (unpaired) electrons. The molecule has 1 unspecified atom stereocenters. The van der Waals surface area contributed by atoms with Gasteiger partial charge in [-0.1, -0.05) is 11.3 Å². The highest BCUT2D eigenvalue weighted by Crippen LogP contribution is 2.39. The van der Waals surface area contributed by atoms with Gasteiger partial charge >= 0.3 is 0 Å². The number of hydrogen-bond acceptors (Lipinski definition) is 6. The van der Waals surface area contributed by atoms with E-state index < -0.39 is 0 Å². The summed E-state index contributed by atoms with van der Waals surface area (Å²) in [5, 5.41) is 3.90. The van der Waals surface area contributed by atoms with Gasteiger partial charge in [-0.3, -0.25) is 4.79 Å². The first-order valence-corrected chi connectivity index (χ1v) is 8.28. The number of thiazole rings is 1. The maximum Gasteiger partial charge on any atom is 0.265 e. The van der Waals surface area contributed by atoms with Crippen LogP contribution in [0.2, 0.25) is 0 Å². The normalized spacial score (nSPS) is 22.6. The van der Waals surface area contributed by atoms with Crippen molar-refractivity contribution in [3.8, 4) is 0 Å². The molecule has 2 fully saturated rings. The van der Waals surface area contributed by atoms with Gasteiger partial charge < -0.3 is 21.7 Å². The zero-order valence-corrected chi connectivity index (χ0v) is 13.4. The van der Waals surface area contributed by atoms with Crippen molar-refractivity contribution in [2.24, 2.45) is 11.7 Å². The van der Waals surface area contributed by atoms with E-state index in [4.69, 9.17) is 11.5 Å². The molecule has 1 saturated heterocycles. The van der Waals surface area contributed by atoms with E-state index in [2.05, 4.69) is 29.0 Å². The monoisotopic (exact) mass is 309 g/mol. The number of anilines is 2. The van der Waals surface area contributed by atoms with Crippen molar-refractivity contribution >= 4 is 28.2 Å². The summed E-state index contributed by atoms with van der Waals surface area (Å²) in [6.45, 7) is 5.80. The summed E-state index contributed by atoms with van der Waals surface area (Å²) in [6, 6.07) is 0.182. The van der Waals surface area contributed by atoms with Crippen molar-refractivity contribution in [1.29, 1.82) is 0 Å². The minimum absolute atomic E-state index is 0.114. The Hall–Kier alpha value is -1.34. The Morgan fingerprint density at radius 3 is 2.71 bits per heavy atom. The third-order valence-electron chi connectivity index (χ3n) is 4.38. The number of hydrogen-bond donors (Lipinski definition) is 3. The molecule has 1 atom stereocenters. The molecule has 7 heteroatoms. The number of nitrogens with one attached hydrogen (secondary N) is 1. The molecule has 0 spiro atoms. The van der Waals surface area contributed by atoms with Crippen molar-refractivity contribution in [3.05, 3.63) is 4.88 Å². The highest BCUT2D eigenvalue weighted by atomic mass is 32.1. The number of rotatable bonds is 4. The molecule has 21 heavy (non-hydrogen) atoms. The molecule has 1 aliphatic carbocycles. The largest absolute Gasteiger partial charge is 0.382 e. The molecule has 1 amide bonds. The molecular formula is C14H23N5OS. The molecule has 0 bridgehead atoms. The van der Waals surface area contributed by atoms with Gasteiger partial charge in [0.1, 0.15) is 10.7 Å². The van der Waals surface area contributed by atoms with Crippen LogP contribution in [0.1, 0.15) is 42.8 Å². The van der Waals surface area contributed by atoms with E-state index in [1.165, 1.54) is 24.2 Å². The number of carbonyl (C=O) groups is 1. The Kier molecular flexibility index (Phi) is 3.57. The van der Waals surface area contributed by atoms with Gasteiger partial charge in [-0.05, 0) is 39.0 Å². The van der Waals surface area contributed by atoms with Crippen LogP contribution < -0.4 is 21.7 Å². The SMILES string of the molecule is CC(C)(NC(=O)c1sc(N2CCC(N)C2)nc1N)C1CC1. The van der Waals surface area contributed by atoms with E-state index in [1.54, 1.807) is 0 Å². The molecule has 3 rings (SSSR count).